The van der Waals surface area contributed by atoms with Crippen molar-refractivity contribution in [1.29, 1.82) is 0 Å². The molecule has 0 fully saturated rings. The van der Waals surface area contributed by atoms with Crippen molar-refractivity contribution in [3.05, 3.63) is 41.6 Å². The van der Waals surface area contributed by atoms with E-state index in [-0.39, 0.29) is 0 Å². The molecule has 0 saturated heterocycles. The standard InChI is InChI=1S/C11H15N3O/c1-2-10-3-4-11(15-10)8-12-5-9-6-13-14-7-9/h3-4,6-7,12H,2,5,8H2,1H3,(H,13,14). The summed E-state index contributed by atoms with van der Waals surface area (Å²) in [6.07, 6.45) is 4.64. The molecule has 2 rings (SSSR count). The van der Waals surface area contributed by atoms with E-state index in [0.717, 1.165) is 36.6 Å². The minimum Gasteiger partial charge on any atom is -0.465 e. The summed E-state index contributed by atoms with van der Waals surface area (Å²) >= 11 is 0. The molecule has 2 N–H and O–H groups in total. The second-order valence-electron chi connectivity index (χ2n) is 3.43. The van der Waals surface area contributed by atoms with Gasteiger partial charge in [0.1, 0.15) is 11.5 Å². The summed E-state index contributed by atoms with van der Waals surface area (Å²) in [6.45, 7) is 3.64. The van der Waals surface area contributed by atoms with E-state index in [4.69, 9.17) is 4.42 Å². The van der Waals surface area contributed by atoms with Crippen LogP contribution in [0.2, 0.25) is 0 Å². The van der Waals surface area contributed by atoms with Crippen molar-refractivity contribution in [2.45, 2.75) is 26.4 Å². The van der Waals surface area contributed by atoms with Crippen LogP contribution in [0.1, 0.15) is 24.0 Å². The first-order valence-corrected chi connectivity index (χ1v) is 5.14. The minimum atomic E-state index is 0.755. The lowest BCUT2D eigenvalue weighted by Gasteiger charge is -1.99. The predicted octanol–water partition coefficient (Wildman–Crippen LogP) is 1.85. The lowest BCUT2D eigenvalue weighted by Crippen LogP contribution is -2.11. The summed E-state index contributed by atoms with van der Waals surface area (Å²) in [4.78, 5) is 0. The Kier molecular flexibility index (Phi) is 3.19. The molecule has 0 aliphatic carbocycles. The number of aromatic nitrogens is 2. The van der Waals surface area contributed by atoms with E-state index in [1.54, 1.807) is 0 Å². The Balaban J connectivity index is 1.78. The van der Waals surface area contributed by atoms with Gasteiger partial charge in [-0.15, -0.1) is 0 Å². The van der Waals surface area contributed by atoms with E-state index in [0.29, 0.717) is 0 Å². The van der Waals surface area contributed by atoms with Crippen molar-refractivity contribution in [2.24, 2.45) is 0 Å². The number of nitrogens with one attached hydrogen (secondary N) is 2. The third-order valence-corrected chi connectivity index (χ3v) is 2.25. The molecule has 0 saturated carbocycles. The molecule has 0 aliphatic rings. The lowest BCUT2D eigenvalue weighted by molar-refractivity contribution is 0.450. The van der Waals surface area contributed by atoms with Crippen LogP contribution in [0.5, 0.6) is 0 Å². The van der Waals surface area contributed by atoms with Gasteiger partial charge in [0.2, 0.25) is 0 Å². The van der Waals surface area contributed by atoms with Crippen LogP contribution in [0.15, 0.2) is 28.9 Å². The quantitative estimate of drug-likeness (QED) is 0.783. The zero-order valence-electron chi connectivity index (χ0n) is 8.79. The topological polar surface area (TPSA) is 53.9 Å². The van der Waals surface area contributed by atoms with Crippen LogP contribution >= 0.6 is 0 Å². The molecule has 0 spiro atoms. The Morgan fingerprint density at radius 3 is 2.87 bits per heavy atom. The van der Waals surface area contributed by atoms with Gasteiger partial charge in [-0.1, -0.05) is 6.92 Å². The molecule has 0 amide bonds. The Morgan fingerprint density at radius 2 is 2.20 bits per heavy atom. The van der Waals surface area contributed by atoms with Gasteiger partial charge < -0.3 is 9.73 Å². The normalized spacial score (nSPS) is 10.7. The summed E-state index contributed by atoms with van der Waals surface area (Å²) in [6, 6.07) is 4.04. The molecule has 0 radical (unpaired) electrons. The Morgan fingerprint density at radius 1 is 1.33 bits per heavy atom. The van der Waals surface area contributed by atoms with Crippen LogP contribution < -0.4 is 5.32 Å². The maximum Gasteiger partial charge on any atom is 0.117 e. The van der Waals surface area contributed by atoms with Gasteiger partial charge in [0.15, 0.2) is 0 Å². The minimum absolute atomic E-state index is 0.755. The van der Waals surface area contributed by atoms with Gasteiger partial charge in [0, 0.05) is 24.7 Å². The Labute approximate surface area is 88.7 Å². The predicted molar refractivity (Wildman–Crippen MR) is 57.2 cm³/mol. The van der Waals surface area contributed by atoms with Crippen LogP contribution in [-0.4, -0.2) is 10.2 Å². The van der Waals surface area contributed by atoms with Gasteiger partial charge in [-0.3, -0.25) is 5.10 Å². The molecular formula is C11H15N3O. The van der Waals surface area contributed by atoms with Crippen molar-refractivity contribution in [1.82, 2.24) is 15.5 Å². The van der Waals surface area contributed by atoms with Crippen molar-refractivity contribution < 1.29 is 4.42 Å². The Bertz CT molecular complexity index is 392. The highest BCUT2D eigenvalue weighted by Crippen LogP contribution is 2.08. The van der Waals surface area contributed by atoms with E-state index < -0.39 is 0 Å². The van der Waals surface area contributed by atoms with E-state index in [2.05, 4.69) is 22.4 Å². The largest absolute Gasteiger partial charge is 0.465 e. The van der Waals surface area contributed by atoms with E-state index in [1.165, 1.54) is 0 Å². The van der Waals surface area contributed by atoms with Crippen LogP contribution in [0.3, 0.4) is 0 Å². The average Bonchev–Trinajstić information content (AvgIpc) is 2.88. The summed E-state index contributed by atoms with van der Waals surface area (Å²) in [5.74, 6) is 2.02. The third kappa shape index (κ3) is 2.70. The first kappa shape index (κ1) is 9.98. The molecule has 0 aliphatic heterocycles. The molecule has 80 valence electrons. The highest BCUT2D eigenvalue weighted by atomic mass is 16.3. The number of aromatic amines is 1. The van der Waals surface area contributed by atoms with Gasteiger partial charge in [-0.05, 0) is 12.1 Å². The fraction of sp³-hybridized carbons (Fsp3) is 0.364. The average molecular weight is 205 g/mol. The molecule has 0 atom stereocenters. The number of hydrogen-bond acceptors (Lipinski definition) is 3. The van der Waals surface area contributed by atoms with Crippen molar-refractivity contribution >= 4 is 0 Å². The van der Waals surface area contributed by atoms with Crippen LogP contribution in [0, 0.1) is 0 Å². The number of aryl methyl sites for hydroxylation is 1. The molecule has 2 aromatic rings. The molecule has 15 heavy (non-hydrogen) atoms. The van der Waals surface area contributed by atoms with Gasteiger partial charge >= 0.3 is 0 Å². The molecule has 4 nitrogen and oxygen atoms in total. The third-order valence-electron chi connectivity index (χ3n) is 2.25. The molecule has 4 heteroatoms. The van der Waals surface area contributed by atoms with Crippen LogP contribution in [0.4, 0.5) is 0 Å². The number of rotatable bonds is 5. The first-order valence-electron chi connectivity index (χ1n) is 5.14. The molecule has 0 aromatic carbocycles. The SMILES string of the molecule is CCc1ccc(CNCc2cn[nH]c2)o1. The van der Waals surface area contributed by atoms with E-state index >= 15 is 0 Å². The van der Waals surface area contributed by atoms with E-state index in [1.807, 2.05) is 24.5 Å². The van der Waals surface area contributed by atoms with Gasteiger partial charge in [0.05, 0.1) is 12.7 Å². The summed E-state index contributed by atoms with van der Waals surface area (Å²) in [7, 11) is 0. The highest BCUT2D eigenvalue weighted by Gasteiger charge is 2.00. The smallest absolute Gasteiger partial charge is 0.117 e. The fourth-order valence-corrected chi connectivity index (χ4v) is 1.41. The zero-order chi connectivity index (χ0) is 10.5. The first-order chi connectivity index (χ1) is 7.38. The zero-order valence-corrected chi connectivity index (χ0v) is 8.79. The van der Waals surface area contributed by atoms with Crippen molar-refractivity contribution in [3.8, 4) is 0 Å². The summed E-state index contributed by atoms with van der Waals surface area (Å²) in [5.41, 5.74) is 1.15. The molecular weight excluding hydrogens is 190 g/mol. The lowest BCUT2D eigenvalue weighted by atomic mass is 10.3. The van der Waals surface area contributed by atoms with Crippen LogP contribution in [-0.2, 0) is 19.5 Å². The van der Waals surface area contributed by atoms with Gasteiger partial charge in [-0.25, -0.2) is 0 Å². The highest BCUT2D eigenvalue weighted by molar-refractivity contribution is 5.07. The molecule has 0 unspecified atom stereocenters. The Hall–Kier alpha value is -1.55. The fourth-order valence-electron chi connectivity index (χ4n) is 1.41. The maximum atomic E-state index is 5.57. The number of H-pyrrole nitrogens is 1. The molecule has 2 heterocycles. The maximum absolute atomic E-state index is 5.57. The number of nitrogens with zero attached hydrogens (tertiary/aromatic N) is 1. The van der Waals surface area contributed by atoms with E-state index in [9.17, 15) is 0 Å². The molecule has 0 bridgehead atoms. The summed E-state index contributed by atoms with van der Waals surface area (Å²) in [5, 5.41) is 9.94. The number of hydrogen-bond donors (Lipinski definition) is 2. The van der Waals surface area contributed by atoms with Crippen molar-refractivity contribution in [2.75, 3.05) is 0 Å². The van der Waals surface area contributed by atoms with Crippen LogP contribution in [0.25, 0.3) is 0 Å². The second kappa shape index (κ2) is 4.79. The molecule has 2 aromatic heterocycles. The summed E-state index contributed by atoms with van der Waals surface area (Å²) < 4.78 is 5.57. The monoisotopic (exact) mass is 205 g/mol. The van der Waals surface area contributed by atoms with Gasteiger partial charge in [-0.2, -0.15) is 5.10 Å². The van der Waals surface area contributed by atoms with Crippen molar-refractivity contribution in [3.63, 3.8) is 0 Å². The second-order valence-corrected chi connectivity index (χ2v) is 3.43. The van der Waals surface area contributed by atoms with Gasteiger partial charge in [0.25, 0.3) is 0 Å². The number of furan rings is 1.